The number of carbonyl (C=O) groups is 1. The highest BCUT2D eigenvalue weighted by Crippen LogP contribution is 1.93. The first-order valence-electron chi connectivity index (χ1n) is 3.19. The van der Waals surface area contributed by atoms with Crippen molar-refractivity contribution in [3.05, 3.63) is 11.9 Å². The summed E-state index contributed by atoms with van der Waals surface area (Å²) in [5.41, 5.74) is 0.715. The van der Waals surface area contributed by atoms with Crippen LogP contribution in [0.5, 0.6) is 0 Å². The van der Waals surface area contributed by atoms with Crippen LogP contribution in [0.25, 0.3) is 0 Å². The lowest BCUT2D eigenvalue weighted by Gasteiger charge is -1.88. The van der Waals surface area contributed by atoms with E-state index in [2.05, 4.69) is 15.4 Å². The molecule has 1 heterocycles. The fraction of sp³-hybridized carbons (Fsp3) is 0.500. The number of ketones is 1. The summed E-state index contributed by atoms with van der Waals surface area (Å²) in [6.07, 6.45) is 2.52. The van der Waals surface area contributed by atoms with Gasteiger partial charge in [0.05, 0.1) is 18.3 Å². The minimum Gasteiger partial charge on any atom is -0.299 e. The molecule has 1 aromatic heterocycles. The molecule has 0 bridgehead atoms. The zero-order valence-corrected chi connectivity index (χ0v) is 5.79. The minimum atomic E-state index is 0.189. The summed E-state index contributed by atoms with van der Waals surface area (Å²) in [5.74, 6) is 0.189. The van der Waals surface area contributed by atoms with Crippen molar-refractivity contribution in [1.29, 1.82) is 0 Å². The maximum absolute atomic E-state index is 10.8. The second kappa shape index (κ2) is 3.10. The monoisotopic (exact) mass is 139 g/mol. The molecule has 0 aromatic carbocycles. The van der Waals surface area contributed by atoms with Gasteiger partial charge in [0.25, 0.3) is 0 Å². The molecule has 0 aliphatic carbocycles. The van der Waals surface area contributed by atoms with E-state index in [0.717, 1.165) is 0 Å². The smallest absolute Gasteiger partial charge is 0.138 e. The van der Waals surface area contributed by atoms with Crippen molar-refractivity contribution in [2.75, 3.05) is 0 Å². The van der Waals surface area contributed by atoms with Crippen LogP contribution in [0.1, 0.15) is 19.0 Å². The molecule has 1 N–H and O–H groups in total. The van der Waals surface area contributed by atoms with Gasteiger partial charge in [-0.05, 0) is 0 Å². The van der Waals surface area contributed by atoms with Crippen molar-refractivity contribution < 1.29 is 4.79 Å². The van der Waals surface area contributed by atoms with E-state index in [9.17, 15) is 4.79 Å². The highest BCUT2D eigenvalue weighted by atomic mass is 16.1. The van der Waals surface area contributed by atoms with Gasteiger partial charge in [0.2, 0.25) is 0 Å². The van der Waals surface area contributed by atoms with Crippen LogP contribution in [0.3, 0.4) is 0 Å². The van der Waals surface area contributed by atoms with Crippen molar-refractivity contribution in [1.82, 2.24) is 15.4 Å². The molecule has 4 nitrogen and oxygen atoms in total. The molecule has 1 aromatic rings. The van der Waals surface area contributed by atoms with E-state index in [1.54, 1.807) is 6.20 Å². The van der Waals surface area contributed by atoms with Gasteiger partial charge in [-0.3, -0.25) is 4.79 Å². The van der Waals surface area contributed by atoms with Gasteiger partial charge < -0.3 is 0 Å². The minimum absolute atomic E-state index is 0.189. The first-order valence-corrected chi connectivity index (χ1v) is 3.19. The van der Waals surface area contributed by atoms with E-state index in [0.29, 0.717) is 18.5 Å². The number of carbonyl (C=O) groups excluding carboxylic acids is 1. The number of rotatable bonds is 3. The fourth-order valence-corrected chi connectivity index (χ4v) is 0.638. The van der Waals surface area contributed by atoms with E-state index in [4.69, 9.17) is 0 Å². The summed E-state index contributed by atoms with van der Waals surface area (Å²) < 4.78 is 0. The van der Waals surface area contributed by atoms with E-state index < -0.39 is 0 Å². The number of nitrogens with zero attached hydrogens (tertiary/aromatic N) is 2. The van der Waals surface area contributed by atoms with E-state index in [1.165, 1.54) is 0 Å². The van der Waals surface area contributed by atoms with Crippen molar-refractivity contribution in [2.24, 2.45) is 0 Å². The van der Waals surface area contributed by atoms with Crippen LogP contribution in [0.15, 0.2) is 6.20 Å². The van der Waals surface area contributed by atoms with E-state index >= 15 is 0 Å². The number of hydrogen-bond donors (Lipinski definition) is 1. The molecule has 0 fully saturated rings. The first kappa shape index (κ1) is 6.92. The zero-order valence-electron chi connectivity index (χ0n) is 5.79. The number of aromatic amines is 1. The summed E-state index contributed by atoms with van der Waals surface area (Å²) in [5, 5.41) is 9.78. The van der Waals surface area contributed by atoms with Crippen molar-refractivity contribution in [2.45, 2.75) is 19.8 Å². The molecule has 0 radical (unpaired) electrons. The van der Waals surface area contributed by atoms with Gasteiger partial charge in [-0.1, -0.05) is 6.92 Å². The lowest BCUT2D eigenvalue weighted by Crippen LogP contribution is -2.00. The molecule has 0 atom stereocenters. The Bertz CT molecular complexity index is 205. The second-order valence-corrected chi connectivity index (χ2v) is 2.03. The average molecular weight is 139 g/mol. The largest absolute Gasteiger partial charge is 0.299 e. The number of hydrogen-bond acceptors (Lipinski definition) is 3. The van der Waals surface area contributed by atoms with Gasteiger partial charge in [-0.25, -0.2) is 0 Å². The van der Waals surface area contributed by atoms with Crippen molar-refractivity contribution >= 4 is 5.78 Å². The Balaban J connectivity index is 2.48. The Kier molecular flexibility index (Phi) is 2.15. The van der Waals surface area contributed by atoms with Crippen LogP contribution in [-0.4, -0.2) is 21.2 Å². The molecule has 0 aliphatic heterocycles. The molecule has 0 amide bonds. The third-order valence-corrected chi connectivity index (χ3v) is 1.24. The van der Waals surface area contributed by atoms with Crippen LogP contribution in [0.4, 0.5) is 0 Å². The molecule has 1 rings (SSSR count). The summed E-state index contributed by atoms with van der Waals surface area (Å²) in [7, 11) is 0. The average Bonchev–Trinajstić information content (AvgIpc) is 2.40. The van der Waals surface area contributed by atoms with E-state index in [1.807, 2.05) is 6.92 Å². The van der Waals surface area contributed by atoms with Gasteiger partial charge in [0.1, 0.15) is 5.78 Å². The van der Waals surface area contributed by atoms with Gasteiger partial charge in [0.15, 0.2) is 0 Å². The number of aromatic nitrogens is 3. The highest BCUT2D eigenvalue weighted by Gasteiger charge is 2.01. The highest BCUT2D eigenvalue weighted by molar-refractivity contribution is 5.79. The summed E-state index contributed by atoms with van der Waals surface area (Å²) in [6.45, 7) is 1.84. The van der Waals surface area contributed by atoms with Gasteiger partial charge in [0, 0.05) is 6.42 Å². The van der Waals surface area contributed by atoms with Gasteiger partial charge in [-0.15, -0.1) is 0 Å². The Morgan fingerprint density at radius 2 is 2.60 bits per heavy atom. The zero-order chi connectivity index (χ0) is 7.40. The third-order valence-electron chi connectivity index (χ3n) is 1.24. The molecule has 4 heteroatoms. The molecule has 0 unspecified atom stereocenters. The van der Waals surface area contributed by atoms with Crippen LogP contribution in [-0.2, 0) is 11.2 Å². The molecule has 0 aliphatic rings. The second-order valence-electron chi connectivity index (χ2n) is 2.03. The lowest BCUT2D eigenvalue weighted by molar-refractivity contribution is -0.118. The topological polar surface area (TPSA) is 58.6 Å². The summed E-state index contributed by atoms with van der Waals surface area (Å²) >= 11 is 0. The maximum Gasteiger partial charge on any atom is 0.138 e. The van der Waals surface area contributed by atoms with Crippen LogP contribution >= 0.6 is 0 Å². The number of H-pyrrole nitrogens is 1. The number of Topliss-reactive ketones (excluding diaryl/α,β-unsaturated/α-hetero) is 1. The predicted molar refractivity (Wildman–Crippen MR) is 35.4 cm³/mol. The number of nitrogens with one attached hydrogen (secondary N) is 1. The Morgan fingerprint density at radius 3 is 3.10 bits per heavy atom. The van der Waals surface area contributed by atoms with Crippen molar-refractivity contribution in [3.63, 3.8) is 0 Å². The third kappa shape index (κ3) is 1.65. The molecule has 54 valence electrons. The van der Waals surface area contributed by atoms with Crippen LogP contribution < -0.4 is 0 Å². The van der Waals surface area contributed by atoms with Gasteiger partial charge >= 0.3 is 0 Å². The SMILES string of the molecule is CCC(=O)Cc1cn[nH]n1. The summed E-state index contributed by atoms with van der Waals surface area (Å²) in [4.78, 5) is 10.8. The Labute approximate surface area is 58.6 Å². The fourth-order valence-electron chi connectivity index (χ4n) is 0.638. The molecule has 10 heavy (non-hydrogen) atoms. The van der Waals surface area contributed by atoms with Gasteiger partial charge in [-0.2, -0.15) is 15.4 Å². The van der Waals surface area contributed by atoms with E-state index in [-0.39, 0.29) is 5.78 Å². The quantitative estimate of drug-likeness (QED) is 0.656. The maximum atomic E-state index is 10.8. The Morgan fingerprint density at radius 1 is 1.80 bits per heavy atom. The predicted octanol–water partition coefficient (Wildman–Crippen LogP) is 0.326. The first-order chi connectivity index (χ1) is 4.83. The standard InChI is InChI=1S/C6H9N3O/c1-2-6(10)3-5-4-7-9-8-5/h4H,2-3H2,1H3,(H,7,8,9). The van der Waals surface area contributed by atoms with Crippen molar-refractivity contribution in [3.8, 4) is 0 Å². The van der Waals surface area contributed by atoms with Crippen LogP contribution in [0, 0.1) is 0 Å². The van der Waals surface area contributed by atoms with Crippen LogP contribution in [0.2, 0.25) is 0 Å². The molecular formula is C6H9N3O. The summed E-state index contributed by atoms with van der Waals surface area (Å²) in [6, 6.07) is 0. The molecular weight excluding hydrogens is 130 g/mol. The molecule has 0 spiro atoms. The molecule has 0 saturated heterocycles. The Hall–Kier alpha value is -1.19. The molecule has 0 saturated carbocycles. The lowest BCUT2D eigenvalue weighted by atomic mass is 10.2. The normalized spacial score (nSPS) is 9.70.